The van der Waals surface area contributed by atoms with Crippen LogP contribution in [0.3, 0.4) is 0 Å². The van der Waals surface area contributed by atoms with Gasteiger partial charge in [-0.25, -0.2) is 4.98 Å². The molecule has 6 nitrogen and oxygen atoms in total. The summed E-state index contributed by atoms with van der Waals surface area (Å²) in [5, 5.41) is 11.1. The van der Waals surface area contributed by atoms with Crippen LogP contribution in [0.4, 0.5) is 5.69 Å². The zero-order chi connectivity index (χ0) is 13.1. The molecule has 0 aliphatic carbocycles. The number of rotatable bonds is 4. The number of anilines is 1. The van der Waals surface area contributed by atoms with Crippen LogP contribution in [0.1, 0.15) is 18.7 Å². The molecule has 0 spiro atoms. The second-order valence-corrected chi connectivity index (χ2v) is 3.86. The number of aromatic nitrogens is 1. The Hall–Kier alpha value is -2.37. The first kappa shape index (κ1) is 12.1. The first-order chi connectivity index (χ1) is 8.54. The predicted octanol–water partition coefficient (Wildman–Crippen LogP) is 1.94. The number of carboxylic acid groups (broad SMARTS) is 1. The number of carbonyl (C=O) groups is 2. The molecule has 1 amide bonds. The minimum absolute atomic E-state index is 0.0504. The van der Waals surface area contributed by atoms with Gasteiger partial charge in [0, 0.05) is 19.0 Å². The highest BCUT2D eigenvalue weighted by Gasteiger charge is 2.07. The lowest BCUT2D eigenvalue weighted by atomic mass is 10.2. The van der Waals surface area contributed by atoms with Crippen molar-refractivity contribution in [1.29, 1.82) is 0 Å². The second kappa shape index (κ2) is 4.87. The fourth-order valence-electron chi connectivity index (χ4n) is 1.56. The topological polar surface area (TPSA) is 92.4 Å². The van der Waals surface area contributed by atoms with E-state index in [0.29, 0.717) is 22.7 Å². The van der Waals surface area contributed by atoms with E-state index in [1.54, 1.807) is 25.1 Å². The van der Waals surface area contributed by atoms with E-state index in [2.05, 4.69) is 10.3 Å². The maximum absolute atomic E-state index is 11.4. The number of nitrogens with one attached hydrogen (secondary N) is 1. The van der Waals surface area contributed by atoms with Gasteiger partial charge in [0.25, 0.3) is 0 Å². The first-order valence-electron chi connectivity index (χ1n) is 5.43. The van der Waals surface area contributed by atoms with Crippen LogP contribution < -0.4 is 5.32 Å². The molecule has 0 unspecified atom stereocenters. The summed E-state index contributed by atoms with van der Waals surface area (Å²) in [7, 11) is 0. The van der Waals surface area contributed by atoms with E-state index in [4.69, 9.17) is 9.52 Å². The molecule has 2 aromatic rings. The van der Waals surface area contributed by atoms with E-state index in [-0.39, 0.29) is 18.7 Å². The monoisotopic (exact) mass is 248 g/mol. The molecular weight excluding hydrogens is 236 g/mol. The molecule has 0 aliphatic heterocycles. The summed E-state index contributed by atoms with van der Waals surface area (Å²) in [6.07, 6.45) is -0.234. The van der Waals surface area contributed by atoms with Crippen LogP contribution in [0.15, 0.2) is 22.6 Å². The highest BCUT2D eigenvalue weighted by molar-refractivity contribution is 5.94. The van der Waals surface area contributed by atoms with Gasteiger partial charge in [0.05, 0.1) is 6.42 Å². The van der Waals surface area contributed by atoms with Gasteiger partial charge >= 0.3 is 5.97 Å². The molecule has 0 saturated heterocycles. The zero-order valence-electron chi connectivity index (χ0n) is 9.77. The van der Waals surface area contributed by atoms with Crippen LogP contribution in [-0.4, -0.2) is 22.0 Å². The highest BCUT2D eigenvalue weighted by Crippen LogP contribution is 2.19. The normalized spacial score (nSPS) is 10.5. The van der Waals surface area contributed by atoms with Gasteiger partial charge in [-0.05, 0) is 18.2 Å². The Morgan fingerprint density at radius 2 is 2.17 bits per heavy atom. The van der Waals surface area contributed by atoms with Crippen molar-refractivity contribution in [1.82, 2.24) is 4.98 Å². The Kier molecular flexibility index (Phi) is 3.27. The number of benzene rings is 1. The van der Waals surface area contributed by atoms with Gasteiger partial charge in [0.1, 0.15) is 5.52 Å². The number of fused-ring (bicyclic) bond motifs is 1. The Morgan fingerprint density at radius 3 is 2.89 bits per heavy atom. The summed E-state index contributed by atoms with van der Waals surface area (Å²) in [6, 6.07) is 5.08. The average Bonchev–Trinajstić information content (AvgIpc) is 2.66. The average molecular weight is 248 g/mol. The van der Waals surface area contributed by atoms with E-state index in [1.165, 1.54) is 0 Å². The third-order valence-corrected chi connectivity index (χ3v) is 2.34. The van der Waals surface area contributed by atoms with Crippen molar-refractivity contribution < 1.29 is 19.1 Å². The maximum Gasteiger partial charge on any atom is 0.303 e. The van der Waals surface area contributed by atoms with E-state index in [0.717, 1.165) is 0 Å². The number of oxazole rings is 1. The maximum atomic E-state index is 11.4. The van der Waals surface area contributed by atoms with Crippen LogP contribution in [0, 0.1) is 6.92 Å². The molecule has 0 bridgehead atoms. The Balaban J connectivity index is 2.07. The van der Waals surface area contributed by atoms with Crippen LogP contribution in [0.25, 0.3) is 11.1 Å². The Labute approximate surface area is 103 Å². The van der Waals surface area contributed by atoms with Gasteiger partial charge in [0.15, 0.2) is 11.5 Å². The molecule has 1 aromatic heterocycles. The van der Waals surface area contributed by atoms with Crippen molar-refractivity contribution in [3.8, 4) is 0 Å². The zero-order valence-corrected chi connectivity index (χ0v) is 9.77. The quantitative estimate of drug-likeness (QED) is 0.862. The fraction of sp³-hybridized carbons (Fsp3) is 0.250. The van der Waals surface area contributed by atoms with E-state index in [9.17, 15) is 9.59 Å². The van der Waals surface area contributed by atoms with Gasteiger partial charge in [-0.3, -0.25) is 9.59 Å². The lowest BCUT2D eigenvalue weighted by Crippen LogP contribution is -2.13. The summed E-state index contributed by atoms with van der Waals surface area (Å²) in [4.78, 5) is 25.9. The molecule has 0 aliphatic rings. The lowest BCUT2D eigenvalue weighted by Gasteiger charge is -2.03. The molecule has 1 heterocycles. The van der Waals surface area contributed by atoms with Crippen LogP contribution >= 0.6 is 0 Å². The summed E-state index contributed by atoms with van der Waals surface area (Å²) >= 11 is 0. The second-order valence-electron chi connectivity index (χ2n) is 3.86. The Bertz CT molecular complexity index is 603. The molecule has 6 heteroatoms. The van der Waals surface area contributed by atoms with Crippen molar-refractivity contribution in [3.05, 3.63) is 24.1 Å². The number of aryl methyl sites for hydroxylation is 1. The largest absolute Gasteiger partial charge is 0.481 e. The van der Waals surface area contributed by atoms with Crippen molar-refractivity contribution in [2.45, 2.75) is 19.8 Å². The van der Waals surface area contributed by atoms with Crippen molar-refractivity contribution in [3.63, 3.8) is 0 Å². The number of amides is 1. The molecule has 1 aromatic carbocycles. The van der Waals surface area contributed by atoms with Gasteiger partial charge in [-0.2, -0.15) is 0 Å². The molecule has 0 saturated carbocycles. The SMILES string of the molecule is Cc1nc2cc(NC(=O)CCC(=O)O)ccc2o1. The van der Waals surface area contributed by atoms with Crippen molar-refractivity contribution in [2.75, 3.05) is 5.32 Å². The van der Waals surface area contributed by atoms with E-state index >= 15 is 0 Å². The number of carboxylic acids is 1. The lowest BCUT2D eigenvalue weighted by molar-refractivity contribution is -0.138. The standard InChI is InChI=1S/C12H12N2O4/c1-7-13-9-6-8(2-3-10(9)18-7)14-11(15)4-5-12(16)17/h2-3,6H,4-5H2,1H3,(H,14,15)(H,16,17). The first-order valence-corrected chi connectivity index (χ1v) is 5.43. The number of aliphatic carboxylic acids is 1. The van der Waals surface area contributed by atoms with Gasteiger partial charge in [-0.1, -0.05) is 0 Å². The molecule has 0 atom stereocenters. The number of nitrogens with zero attached hydrogens (tertiary/aromatic N) is 1. The van der Waals surface area contributed by atoms with E-state index in [1.807, 2.05) is 0 Å². The highest BCUT2D eigenvalue weighted by atomic mass is 16.4. The molecule has 2 N–H and O–H groups in total. The molecule has 2 rings (SSSR count). The molecule has 0 fully saturated rings. The number of hydrogen-bond acceptors (Lipinski definition) is 4. The smallest absolute Gasteiger partial charge is 0.303 e. The minimum Gasteiger partial charge on any atom is -0.481 e. The number of hydrogen-bond donors (Lipinski definition) is 2. The van der Waals surface area contributed by atoms with Crippen LogP contribution in [0.5, 0.6) is 0 Å². The fourth-order valence-corrected chi connectivity index (χ4v) is 1.56. The third kappa shape index (κ3) is 2.85. The Morgan fingerprint density at radius 1 is 1.39 bits per heavy atom. The van der Waals surface area contributed by atoms with Gasteiger partial charge in [-0.15, -0.1) is 0 Å². The third-order valence-electron chi connectivity index (χ3n) is 2.34. The van der Waals surface area contributed by atoms with Crippen LogP contribution in [-0.2, 0) is 9.59 Å². The van der Waals surface area contributed by atoms with Gasteiger partial charge < -0.3 is 14.8 Å². The summed E-state index contributed by atoms with van der Waals surface area (Å²) < 4.78 is 5.31. The predicted molar refractivity (Wildman–Crippen MR) is 64.2 cm³/mol. The molecule has 18 heavy (non-hydrogen) atoms. The summed E-state index contributed by atoms with van der Waals surface area (Å²) in [5.74, 6) is -0.774. The molecule has 0 radical (unpaired) electrons. The summed E-state index contributed by atoms with van der Waals surface area (Å²) in [6.45, 7) is 1.74. The summed E-state index contributed by atoms with van der Waals surface area (Å²) in [5.41, 5.74) is 1.88. The number of carbonyl (C=O) groups excluding carboxylic acids is 1. The minimum atomic E-state index is -0.993. The van der Waals surface area contributed by atoms with Gasteiger partial charge in [0.2, 0.25) is 5.91 Å². The van der Waals surface area contributed by atoms with Crippen molar-refractivity contribution >= 4 is 28.7 Å². The van der Waals surface area contributed by atoms with E-state index < -0.39 is 5.97 Å². The molecule has 94 valence electrons. The van der Waals surface area contributed by atoms with Crippen molar-refractivity contribution in [2.24, 2.45) is 0 Å². The molecular formula is C12H12N2O4. The van der Waals surface area contributed by atoms with Crippen LogP contribution in [0.2, 0.25) is 0 Å².